The van der Waals surface area contributed by atoms with Gasteiger partial charge in [0.2, 0.25) is 0 Å². The molecule has 1 atom stereocenters. The molecule has 2 heteroatoms. The predicted octanol–water partition coefficient (Wildman–Crippen LogP) is 5.66. The van der Waals surface area contributed by atoms with E-state index in [2.05, 4.69) is 79.0 Å². The zero-order valence-corrected chi connectivity index (χ0v) is 14.7. The van der Waals surface area contributed by atoms with Gasteiger partial charge >= 0.3 is 0 Å². The fraction of sp³-hybridized carbons (Fsp3) is 0.125. The second-order valence-corrected chi connectivity index (χ2v) is 6.60. The van der Waals surface area contributed by atoms with Crippen LogP contribution in [0.3, 0.4) is 0 Å². The summed E-state index contributed by atoms with van der Waals surface area (Å²) in [7, 11) is 0. The summed E-state index contributed by atoms with van der Waals surface area (Å²) in [5.74, 6) is 0. The molecule has 0 saturated carbocycles. The van der Waals surface area contributed by atoms with Crippen molar-refractivity contribution < 1.29 is 0 Å². The third-order valence-electron chi connectivity index (χ3n) is 4.99. The topological polar surface area (TPSA) is 35.8 Å². The van der Waals surface area contributed by atoms with Crippen molar-refractivity contribution in [1.82, 2.24) is 5.32 Å². The van der Waals surface area contributed by atoms with Crippen molar-refractivity contribution in [3.8, 4) is 6.07 Å². The number of nitriles is 1. The molecule has 4 aromatic rings. The molecule has 0 aromatic heterocycles. The minimum Gasteiger partial charge on any atom is -0.294 e. The second kappa shape index (κ2) is 7.00. The van der Waals surface area contributed by atoms with Gasteiger partial charge in [-0.25, -0.2) is 0 Å². The van der Waals surface area contributed by atoms with Gasteiger partial charge in [-0.3, -0.25) is 5.32 Å². The van der Waals surface area contributed by atoms with Crippen LogP contribution in [-0.2, 0) is 6.54 Å². The molecule has 126 valence electrons. The minimum absolute atomic E-state index is 0.325. The smallest absolute Gasteiger partial charge is 0.121 e. The van der Waals surface area contributed by atoms with Gasteiger partial charge in [0, 0.05) is 6.54 Å². The zero-order chi connectivity index (χ0) is 17.9. The first kappa shape index (κ1) is 16.3. The molecule has 0 radical (unpaired) electrons. The first-order chi connectivity index (χ1) is 12.8. The van der Waals surface area contributed by atoms with Gasteiger partial charge in [0.25, 0.3) is 0 Å². The molecular formula is C24H20N2. The van der Waals surface area contributed by atoms with Crippen molar-refractivity contribution in [3.63, 3.8) is 0 Å². The van der Waals surface area contributed by atoms with E-state index in [0.29, 0.717) is 6.54 Å². The molecule has 0 bridgehead atoms. The lowest BCUT2D eigenvalue weighted by molar-refractivity contribution is 0.632. The maximum atomic E-state index is 9.70. The van der Waals surface area contributed by atoms with Crippen molar-refractivity contribution in [2.75, 3.05) is 0 Å². The zero-order valence-electron chi connectivity index (χ0n) is 14.7. The quantitative estimate of drug-likeness (QED) is 0.488. The molecular weight excluding hydrogens is 316 g/mol. The highest BCUT2D eigenvalue weighted by Crippen LogP contribution is 2.29. The maximum Gasteiger partial charge on any atom is 0.121 e. The van der Waals surface area contributed by atoms with Crippen LogP contribution >= 0.6 is 0 Å². The SMILES string of the molecule is Cc1ccccc1[C@H](C#N)NCc1c2ccccc2cc2ccccc12. The molecule has 0 aliphatic rings. The fourth-order valence-corrected chi connectivity index (χ4v) is 3.64. The van der Waals surface area contributed by atoms with Crippen LogP contribution < -0.4 is 5.32 Å². The van der Waals surface area contributed by atoms with Crippen molar-refractivity contribution in [2.24, 2.45) is 0 Å². The lowest BCUT2D eigenvalue weighted by atomic mass is 9.96. The Morgan fingerprint density at radius 1 is 0.846 bits per heavy atom. The van der Waals surface area contributed by atoms with E-state index in [-0.39, 0.29) is 6.04 Å². The predicted molar refractivity (Wildman–Crippen MR) is 108 cm³/mol. The van der Waals surface area contributed by atoms with E-state index in [0.717, 1.165) is 11.1 Å². The summed E-state index contributed by atoms with van der Waals surface area (Å²) in [5.41, 5.74) is 3.42. The van der Waals surface area contributed by atoms with Crippen molar-refractivity contribution in [3.05, 3.63) is 95.6 Å². The number of hydrogen-bond acceptors (Lipinski definition) is 2. The molecule has 0 aliphatic heterocycles. The largest absolute Gasteiger partial charge is 0.294 e. The lowest BCUT2D eigenvalue weighted by Gasteiger charge is -2.17. The summed E-state index contributed by atoms with van der Waals surface area (Å²) in [6, 6.07) is 29.3. The van der Waals surface area contributed by atoms with Crippen molar-refractivity contribution in [1.29, 1.82) is 5.26 Å². The molecule has 0 heterocycles. The Morgan fingerprint density at radius 3 is 2.04 bits per heavy atom. The highest BCUT2D eigenvalue weighted by molar-refractivity contribution is 6.02. The van der Waals surface area contributed by atoms with E-state index in [1.54, 1.807) is 0 Å². The van der Waals surface area contributed by atoms with Crippen molar-refractivity contribution in [2.45, 2.75) is 19.5 Å². The molecule has 2 nitrogen and oxygen atoms in total. The highest BCUT2D eigenvalue weighted by Gasteiger charge is 2.14. The van der Waals surface area contributed by atoms with E-state index in [4.69, 9.17) is 0 Å². The lowest BCUT2D eigenvalue weighted by Crippen LogP contribution is -2.20. The van der Waals surface area contributed by atoms with Crippen LogP contribution in [0.15, 0.2) is 78.9 Å². The molecule has 0 amide bonds. The number of nitrogens with one attached hydrogen (secondary N) is 1. The normalized spacial score (nSPS) is 12.2. The summed E-state index contributed by atoms with van der Waals surface area (Å²) in [6.45, 7) is 2.70. The number of fused-ring (bicyclic) bond motifs is 2. The van der Waals surface area contributed by atoms with E-state index < -0.39 is 0 Å². The third kappa shape index (κ3) is 2.94. The van der Waals surface area contributed by atoms with Crippen LogP contribution in [0.4, 0.5) is 0 Å². The molecule has 0 spiro atoms. The molecule has 0 saturated heterocycles. The van der Waals surface area contributed by atoms with E-state index in [9.17, 15) is 5.26 Å². The Morgan fingerprint density at radius 2 is 1.42 bits per heavy atom. The standard InChI is InChI=1S/C24H20N2/c1-17-8-2-5-11-20(17)24(15-25)26-16-23-21-12-6-3-9-18(21)14-19-10-4-7-13-22(19)23/h2-14,24,26H,16H2,1H3/t24-/m0/s1. The van der Waals surface area contributed by atoms with Crippen molar-refractivity contribution >= 4 is 21.5 Å². The summed E-state index contributed by atoms with van der Waals surface area (Å²) in [6.07, 6.45) is 0. The number of rotatable bonds is 4. The average molecular weight is 336 g/mol. The molecule has 0 aliphatic carbocycles. The van der Waals surface area contributed by atoms with E-state index >= 15 is 0 Å². The van der Waals surface area contributed by atoms with Gasteiger partial charge in [0.05, 0.1) is 6.07 Å². The maximum absolute atomic E-state index is 9.70. The third-order valence-corrected chi connectivity index (χ3v) is 4.99. The number of aryl methyl sites for hydroxylation is 1. The first-order valence-electron chi connectivity index (χ1n) is 8.86. The average Bonchev–Trinajstić information content (AvgIpc) is 2.68. The molecule has 4 aromatic carbocycles. The van der Waals surface area contributed by atoms with Gasteiger partial charge in [0.15, 0.2) is 0 Å². The molecule has 1 N–H and O–H groups in total. The van der Waals surface area contributed by atoms with Gasteiger partial charge < -0.3 is 0 Å². The summed E-state index contributed by atoms with van der Waals surface area (Å²) in [5, 5.41) is 18.1. The van der Waals surface area contributed by atoms with Gasteiger partial charge in [0.1, 0.15) is 6.04 Å². The second-order valence-electron chi connectivity index (χ2n) is 6.60. The molecule has 26 heavy (non-hydrogen) atoms. The van der Waals surface area contributed by atoms with Crippen LogP contribution in [0.5, 0.6) is 0 Å². The summed E-state index contributed by atoms with van der Waals surface area (Å²) >= 11 is 0. The van der Waals surface area contributed by atoms with Crippen LogP contribution in [0, 0.1) is 18.3 Å². The van der Waals surface area contributed by atoms with Crippen LogP contribution in [-0.4, -0.2) is 0 Å². The minimum atomic E-state index is -0.325. The highest BCUT2D eigenvalue weighted by atomic mass is 14.9. The van der Waals surface area contributed by atoms with Gasteiger partial charge in [-0.05, 0) is 51.2 Å². The Labute approximate surface area is 153 Å². The number of nitrogens with zero attached hydrogens (tertiary/aromatic N) is 1. The van der Waals surface area contributed by atoms with Crippen LogP contribution in [0.1, 0.15) is 22.7 Å². The monoisotopic (exact) mass is 336 g/mol. The molecule has 0 fully saturated rings. The fourth-order valence-electron chi connectivity index (χ4n) is 3.64. The van der Waals surface area contributed by atoms with E-state index in [1.807, 2.05) is 18.2 Å². The van der Waals surface area contributed by atoms with Gasteiger partial charge in [-0.2, -0.15) is 5.26 Å². The van der Waals surface area contributed by atoms with Gasteiger partial charge in [-0.15, -0.1) is 0 Å². The Hall–Kier alpha value is -3.15. The Bertz CT molecular complexity index is 1070. The van der Waals surface area contributed by atoms with Crippen LogP contribution in [0.25, 0.3) is 21.5 Å². The van der Waals surface area contributed by atoms with Gasteiger partial charge in [-0.1, -0.05) is 72.8 Å². The summed E-state index contributed by atoms with van der Waals surface area (Å²) < 4.78 is 0. The Kier molecular flexibility index (Phi) is 4.39. The Balaban J connectivity index is 1.76. The van der Waals surface area contributed by atoms with Crippen LogP contribution in [0.2, 0.25) is 0 Å². The number of hydrogen-bond donors (Lipinski definition) is 1. The molecule has 0 unspecified atom stereocenters. The molecule has 4 rings (SSSR count). The summed E-state index contributed by atoms with van der Waals surface area (Å²) in [4.78, 5) is 0. The number of benzene rings is 4. The first-order valence-corrected chi connectivity index (χ1v) is 8.86. The van der Waals surface area contributed by atoms with E-state index in [1.165, 1.54) is 27.1 Å².